The molecule has 6 nitrogen and oxygen atoms in total. The van der Waals surface area contributed by atoms with Gasteiger partial charge in [-0.15, -0.1) is 0 Å². The van der Waals surface area contributed by atoms with E-state index in [9.17, 15) is 9.59 Å². The number of hydrogen-bond donors (Lipinski definition) is 3. The number of piperidine rings is 1. The third kappa shape index (κ3) is 4.18. The number of carbonyl (C=O) groups excluding carboxylic acids is 1. The molecule has 1 aliphatic rings. The fourth-order valence-corrected chi connectivity index (χ4v) is 2.16. The first-order valence-electron chi connectivity index (χ1n) is 6.53. The van der Waals surface area contributed by atoms with Gasteiger partial charge in [0.2, 0.25) is 0 Å². The smallest absolute Gasteiger partial charge is 0.326 e. The topological polar surface area (TPSA) is 81.7 Å². The molecule has 104 valence electrons. The van der Waals surface area contributed by atoms with Crippen molar-refractivity contribution < 1.29 is 14.7 Å². The van der Waals surface area contributed by atoms with E-state index in [1.807, 2.05) is 6.92 Å². The maximum Gasteiger partial charge on any atom is 0.326 e. The van der Waals surface area contributed by atoms with Gasteiger partial charge in [-0.25, -0.2) is 9.59 Å². The van der Waals surface area contributed by atoms with Gasteiger partial charge in [-0.3, -0.25) is 0 Å². The summed E-state index contributed by atoms with van der Waals surface area (Å²) in [5.41, 5.74) is 0. The van der Waals surface area contributed by atoms with E-state index in [0.29, 0.717) is 6.42 Å². The lowest BCUT2D eigenvalue weighted by atomic mass is 10.1. The molecule has 6 heteroatoms. The van der Waals surface area contributed by atoms with Crippen LogP contribution in [0.4, 0.5) is 4.79 Å². The molecule has 1 unspecified atom stereocenters. The Hall–Kier alpha value is -1.30. The SMILES string of the molecule is CCCC(NC(=O)N(C)C1CCNCC1)C(=O)O. The Morgan fingerprint density at radius 3 is 2.56 bits per heavy atom. The van der Waals surface area contributed by atoms with Crippen molar-refractivity contribution >= 4 is 12.0 Å². The minimum Gasteiger partial charge on any atom is -0.480 e. The minimum absolute atomic E-state index is 0.197. The minimum atomic E-state index is -0.969. The Kier molecular flexibility index (Phi) is 5.91. The second-order valence-corrected chi connectivity index (χ2v) is 4.72. The molecule has 1 fully saturated rings. The second-order valence-electron chi connectivity index (χ2n) is 4.72. The second kappa shape index (κ2) is 7.20. The van der Waals surface area contributed by atoms with E-state index in [1.165, 1.54) is 0 Å². The lowest BCUT2D eigenvalue weighted by Crippen LogP contribution is -2.51. The normalized spacial score (nSPS) is 18.1. The highest BCUT2D eigenvalue weighted by molar-refractivity contribution is 5.82. The average molecular weight is 257 g/mol. The summed E-state index contributed by atoms with van der Waals surface area (Å²) in [6.45, 7) is 3.71. The number of carboxylic acid groups (broad SMARTS) is 1. The van der Waals surface area contributed by atoms with Crippen molar-refractivity contribution in [3.8, 4) is 0 Å². The van der Waals surface area contributed by atoms with Crippen LogP contribution in [0.5, 0.6) is 0 Å². The molecule has 0 spiro atoms. The number of carbonyl (C=O) groups is 2. The molecule has 0 aliphatic carbocycles. The number of nitrogens with one attached hydrogen (secondary N) is 2. The first kappa shape index (κ1) is 14.8. The van der Waals surface area contributed by atoms with Gasteiger partial charge >= 0.3 is 12.0 Å². The van der Waals surface area contributed by atoms with Crippen LogP contribution in [-0.4, -0.2) is 54.2 Å². The predicted octanol–water partition coefficient (Wildman–Crippen LogP) is 0.633. The Morgan fingerprint density at radius 1 is 1.44 bits per heavy atom. The van der Waals surface area contributed by atoms with Gasteiger partial charge in [0.05, 0.1) is 0 Å². The van der Waals surface area contributed by atoms with E-state index in [1.54, 1.807) is 11.9 Å². The molecule has 1 aliphatic heterocycles. The highest BCUT2D eigenvalue weighted by Crippen LogP contribution is 2.10. The molecule has 0 saturated carbocycles. The van der Waals surface area contributed by atoms with Crippen LogP contribution in [0.3, 0.4) is 0 Å². The maximum absolute atomic E-state index is 12.0. The van der Waals surface area contributed by atoms with Crippen LogP contribution >= 0.6 is 0 Å². The van der Waals surface area contributed by atoms with Gasteiger partial charge in [0.15, 0.2) is 0 Å². The van der Waals surface area contributed by atoms with Gasteiger partial charge < -0.3 is 20.6 Å². The zero-order valence-electron chi connectivity index (χ0n) is 11.1. The fourth-order valence-electron chi connectivity index (χ4n) is 2.16. The summed E-state index contributed by atoms with van der Waals surface area (Å²) < 4.78 is 0. The Bertz CT molecular complexity index is 290. The molecule has 1 atom stereocenters. The van der Waals surface area contributed by atoms with Crippen molar-refractivity contribution in [3.05, 3.63) is 0 Å². The summed E-state index contributed by atoms with van der Waals surface area (Å²) >= 11 is 0. The number of amides is 2. The van der Waals surface area contributed by atoms with Gasteiger partial charge in [0.25, 0.3) is 0 Å². The summed E-state index contributed by atoms with van der Waals surface area (Å²) in [5.74, 6) is -0.969. The van der Waals surface area contributed by atoms with E-state index in [2.05, 4.69) is 10.6 Å². The van der Waals surface area contributed by atoms with Crippen LogP contribution < -0.4 is 10.6 Å². The fraction of sp³-hybridized carbons (Fsp3) is 0.833. The third-order valence-corrected chi connectivity index (χ3v) is 3.35. The molecule has 18 heavy (non-hydrogen) atoms. The molecular weight excluding hydrogens is 234 g/mol. The molecule has 1 saturated heterocycles. The van der Waals surface area contributed by atoms with E-state index in [4.69, 9.17) is 5.11 Å². The maximum atomic E-state index is 12.0. The molecule has 0 aromatic carbocycles. The van der Waals surface area contributed by atoms with Crippen molar-refractivity contribution in [1.29, 1.82) is 0 Å². The number of rotatable bonds is 5. The third-order valence-electron chi connectivity index (χ3n) is 3.35. The Balaban J connectivity index is 2.48. The molecule has 0 aromatic heterocycles. The first-order chi connectivity index (χ1) is 8.56. The van der Waals surface area contributed by atoms with E-state index in [0.717, 1.165) is 32.4 Å². The monoisotopic (exact) mass is 257 g/mol. The summed E-state index contributed by atoms with van der Waals surface area (Å²) in [5, 5.41) is 14.8. The number of nitrogens with zero attached hydrogens (tertiary/aromatic N) is 1. The summed E-state index contributed by atoms with van der Waals surface area (Å²) in [6, 6.07) is -0.878. The Morgan fingerprint density at radius 2 is 2.06 bits per heavy atom. The molecule has 0 bridgehead atoms. The highest BCUT2D eigenvalue weighted by Gasteiger charge is 2.25. The van der Waals surface area contributed by atoms with Crippen molar-refractivity contribution in [2.45, 2.75) is 44.7 Å². The zero-order valence-corrected chi connectivity index (χ0v) is 11.1. The average Bonchev–Trinajstić information content (AvgIpc) is 2.38. The molecule has 1 rings (SSSR count). The highest BCUT2D eigenvalue weighted by atomic mass is 16.4. The van der Waals surface area contributed by atoms with Crippen molar-refractivity contribution in [3.63, 3.8) is 0 Å². The summed E-state index contributed by atoms with van der Waals surface area (Å²) in [7, 11) is 1.73. The number of aliphatic carboxylic acids is 1. The summed E-state index contributed by atoms with van der Waals surface area (Å²) in [4.78, 5) is 24.6. The van der Waals surface area contributed by atoms with Crippen LogP contribution in [0.25, 0.3) is 0 Å². The number of hydrogen-bond acceptors (Lipinski definition) is 3. The molecule has 2 amide bonds. The molecule has 3 N–H and O–H groups in total. The predicted molar refractivity (Wildman–Crippen MR) is 68.5 cm³/mol. The van der Waals surface area contributed by atoms with Crippen LogP contribution in [0.2, 0.25) is 0 Å². The van der Waals surface area contributed by atoms with Gasteiger partial charge in [-0.2, -0.15) is 0 Å². The van der Waals surface area contributed by atoms with Crippen molar-refractivity contribution in [2.24, 2.45) is 0 Å². The van der Waals surface area contributed by atoms with Crippen LogP contribution in [0, 0.1) is 0 Å². The van der Waals surface area contributed by atoms with E-state index < -0.39 is 12.0 Å². The molecule has 0 radical (unpaired) electrons. The molecule has 0 aromatic rings. The van der Waals surface area contributed by atoms with Gasteiger partial charge in [0, 0.05) is 13.1 Å². The van der Waals surface area contributed by atoms with E-state index in [-0.39, 0.29) is 12.1 Å². The number of urea groups is 1. The summed E-state index contributed by atoms with van der Waals surface area (Å²) in [6.07, 6.45) is 3.01. The van der Waals surface area contributed by atoms with Crippen LogP contribution in [0.1, 0.15) is 32.6 Å². The van der Waals surface area contributed by atoms with Crippen molar-refractivity contribution in [2.75, 3.05) is 20.1 Å². The van der Waals surface area contributed by atoms with Crippen molar-refractivity contribution in [1.82, 2.24) is 15.5 Å². The molecular formula is C12H23N3O3. The Labute approximate surface area is 108 Å². The lowest BCUT2D eigenvalue weighted by Gasteiger charge is -2.32. The van der Waals surface area contributed by atoms with Gasteiger partial charge in [-0.05, 0) is 32.4 Å². The first-order valence-corrected chi connectivity index (χ1v) is 6.53. The zero-order chi connectivity index (χ0) is 13.5. The van der Waals surface area contributed by atoms with Crippen LogP contribution in [-0.2, 0) is 4.79 Å². The van der Waals surface area contributed by atoms with E-state index >= 15 is 0 Å². The van der Waals surface area contributed by atoms with Gasteiger partial charge in [0.1, 0.15) is 6.04 Å². The lowest BCUT2D eigenvalue weighted by molar-refractivity contribution is -0.139. The van der Waals surface area contributed by atoms with Crippen LogP contribution in [0.15, 0.2) is 0 Å². The standard InChI is InChI=1S/C12H23N3O3/c1-3-4-10(11(16)17)14-12(18)15(2)9-5-7-13-8-6-9/h9-10,13H,3-8H2,1-2H3,(H,14,18)(H,16,17). The molecule has 1 heterocycles. The quantitative estimate of drug-likeness (QED) is 0.675. The largest absolute Gasteiger partial charge is 0.480 e. The van der Waals surface area contributed by atoms with Gasteiger partial charge in [-0.1, -0.05) is 13.3 Å². The number of carboxylic acids is 1.